The number of nitrogens with one attached hydrogen (secondary N) is 2. The molecule has 20 heavy (non-hydrogen) atoms. The molecule has 0 bridgehead atoms. The van der Waals surface area contributed by atoms with Crippen LogP contribution < -0.4 is 10.6 Å². The Morgan fingerprint density at radius 2 is 1.60 bits per heavy atom. The van der Waals surface area contributed by atoms with Crippen LogP contribution in [0.5, 0.6) is 0 Å². The molecule has 2 N–H and O–H groups in total. The van der Waals surface area contributed by atoms with Crippen molar-refractivity contribution < 1.29 is 9.53 Å². The number of hydrogen-bond donors (Lipinski definition) is 2. The Kier molecular flexibility index (Phi) is 3.50. The summed E-state index contributed by atoms with van der Waals surface area (Å²) in [7, 11) is 0. The third-order valence-electron chi connectivity index (χ3n) is 4.17. The molecule has 2 rings (SSSR count). The second kappa shape index (κ2) is 4.44. The summed E-state index contributed by atoms with van der Waals surface area (Å²) in [6.07, 6.45) is 2.35. The number of piperidine rings is 1. The number of ether oxygens (including phenoxy) is 1. The highest BCUT2D eigenvalue weighted by Crippen LogP contribution is 2.44. The molecular formula is C16H30N2O2. The van der Waals surface area contributed by atoms with Crippen LogP contribution in [0.15, 0.2) is 0 Å². The summed E-state index contributed by atoms with van der Waals surface area (Å²) in [5.41, 5.74) is -1.34. The molecule has 0 aromatic heterocycles. The van der Waals surface area contributed by atoms with E-state index >= 15 is 0 Å². The van der Waals surface area contributed by atoms with Crippen LogP contribution in [0.25, 0.3) is 0 Å². The third-order valence-corrected chi connectivity index (χ3v) is 4.17. The predicted molar refractivity (Wildman–Crippen MR) is 80.3 cm³/mol. The first kappa shape index (κ1) is 15.8. The topological polar surface area (TPSA) is 50.4 Å². The lowest BCUT2D eigenvalue weighted by Crippen LogP contribution is -2.66. The van der Waals surface area contributed by atoms with Crippen molar-refractivity contribution in [3.8, 4) is 0 Å². The summed E-state index contributed by atoms with van der Waals surface area (Å²) in [5, 5.41) is 6.81. The Labute approximate surface area is 123 Å². The zero-order valence-electron chi connectivity index (χ0n) is 14.0. The summed E-state index contributed by atoms with van der Waals surface area (Å²) >= 11 is 0. The van der Waals surface area contributed by atoms with Gasteiger partial charge in [-0.3, -0.25) is 4.79 Å². The van der Waals surface area contributed by atoms with Gasteiger partial charge in [0.25, 0.3) is 5.91 Å². The normalized spacial score (nSPS) is 34.5. The van der Waals surface area contributed by atoms with Crippen LogP contribution in [0.1, 0.15) is 67.7 Å². The van der Waals surface area contributed by atoms with Gasteiger partial charge in [0.15, 0.2) is 0 Å². The molecule has 0 saturated carbocycles. The van der Waals surface area contributed by atoms with Gasteiger partial charge in [-0.25, -0.2) is 0 Å². The van der Waals surface area contributed by atoms with Gasteiger partial charge in [-0.1, -0.05) is 13.8 Å². The summed E-state index contributed by atoms with van der Waals surface area (Å²) in [5.74, 6) is 0.475. The molecule has 1 spiro atoms. The quantitative estimate of drug-likeness (QED) is 0.818. The molecule has 0 aromatic carbocycles. The van der Waals surface area contributed by atoms with Crippen molar-refractivity contribution in [1.82, 2.24) is 10.6 Å². The predicted octanol–water partition coefficient (Wildman–Crippen LogP) is 2.57. The number of hydrogen-bond acceptors (Lipinski definition) is 3. The minimum Gasteiger partial charge on any atom is -0.340 e. The molecule has 2 heterocycles. The number of carbonyl (C=O) groups excluding carboxylic acids is 1. The Balaban J connectivity index is 2.27. The van der Waals surface area contributed by atoms with Crippen LogP contribution in [0, 0.1) is 5.92 Å². The van der Waals surface area contributed by atoms with E-state index in [1.165, 1.54) is 0 Å². The van der Waals surface area contributed by atoms with Crippen molar-refractivity contribution in [3.63, 3.8) is 0 Å². The van der Waals surface area contributed by atoms with Crippen LogP contribution >= 0.6 is 0 Å². The van der Waals surface area contributed by atoms with E-state index in [1.54, 1.807) is 0 Å². The Morgan fingerprint density at radius 1 is 1.10 bits per heavy atom. The molecule has 4 heteroatoms. The van der Waals surface area contributed by atoms with E-state index in [0.29, 0.717) is 5.92 Å². The molecule has 4 nitrogen and oxygen atoms in total. The summed E-state index contributed by atoms with van der Waals surface area (Å²) in [6, 6.07) is 0. The monoisotopic (exact) mass is 282 g/mol. The van der Waals surface area contributed by atoms with Gasteiger partial charge in [0, 0.05) is 23.9 Å². The van der Waals surface area contributed by atoms with E-state index in [9.17, 15) is 4.79 Å². The molecule has 1 atom stereocenters. The van der Waals surface area contributed by atoms with Gasteiger partial charge in [-0.15, -0.1) is 0 Å². The molecular weight excluding hydrogens is 252 g/mol. The number of rotatable bonds is 2. The van der Waals surface area contributed by atoms with E-state index in [1.807, 2.05) is 6.92 Å². The van der Waals surface area contributed by atoms with Crippen LogP contribution in [0.4, 0.5) is 0 Å². The molecule has 0 radical (unpaired) electrons. The summed E-state index contributed by atoms with van der Waals surface area (Å²) < 4.78 is 6.37. The average molecular weight is 282 g/mol. The number of carbonyl (C=O) groups is 1. The molecule has 1 amide bonds. The van der Waals surface area contributed by atoms with Gasteiger partial charge >= 0.3 is 0 Å². The van der Waals surface area contributed by atoms with Crippen LogP contribution in [0.2, 0.25) is 0 Å². The SMILES string of the molecule is CC(C)CC1(C)OC2(CC(C)(C)NC(C)(C)C2)NC1=O. The van der Waals surface area contributed by atoms with Crippen molar-refractivity contribution in [2.24, 2.45) is 5.92 Å². The molecule has 0 aromatic rings. The fourth-order valence-corrected chi connectivity index (χ4v) is 4.41. The minimum absolute atomic E-state index is 0.0414. The Hall–Kier alpha value is -0.610. The molecule has 1 unspecified atom stereocenters. The van der Waals surface area contributed by atoms with Crippen LogP contribution in [-0.4, -0.2) is 28.3 Å². The second-order valence-corrected chi connectivity index (χ2v) is 8.63. The van der Waals surface area contributed by atoms with E-state index < -0.39 is 11.3 Å². The highest BCUT2D eigenvalue weighted by atomic mass is 16.6. The number of amides is 1. The van der Waals surface area contributed by atoms with E-state index in [0.717, 1.165) is 19.3 Å². The maximum absolute atomic E-state index is 12.5. The fraction of sp³-hybridized carbons (Fsp3) is 0.938. The molecule has 0 aliphatic carbocycles. The van der Waals surface area contributed by atoms with Gasteiger partial charge in [0.1, 0.15) is 11.3 Å². The summed E-state index contributed by atoms with van der Waals surface area (Å²) in [6.45, 7) is 14.9. The van der Waals surface area contributed by atoms with Crippen LogP contribution in [-0.2, 0) is 9.53 Å². The van der Waals surface area contributed by atoms with Crippen molar-refractivity contribution in [3.05, 3.63) is 0 Å². The van der Waals surface area contributed by atoms with Gasteiger partial charge < -0.3 is 15.4 Å². The van der Waals surface area contributed by atoms with E-state index in [-0.39, 0.29) is 17.0 Å². The first-order chi connectivity index (χ1) is 8.87. The average Bonchev–Trinajstić information content (AvgIpc) is 2.28. The van der Waals surface area contributed by atoms with Crippen molar-refractivity contribution in [2.45, 2.75) is 90.1 Å². The first-order valence-electron chi connectivity index (χ1n) is 7.69. The van der Waals surface area contributed by atoms with E-state index in [4.69, 9.17) is 4.74 Å². The molecule has 2 fully saturated rings. The minimum atomic E-state index is -0.697. The maximum Gasteiger partial charge on any atom is 0.254 e. The second-order valence-electron chi connectivity index (χ2n) is 8.63. The lowest BCUT2D eigenvalue weighted by Gasteiger charge is -2.51. The van der Waals surface area contributed by atoms with Crippen molar-refractivity contribution in [1.29, 1.82) is 0 Å². The van der Waals surface area contributed by atoms with Gasteiger partial charge in [-0.05, 0) is 47.0 Å². The van der Waals surface area contributed by atoms with Crippen molar-refractivity contribution in [2.75, 3.05) is 0 Å². The summed E-state index contributed by atoms with van der Waals surface area (Å²) in [4.78, 5) is 12.5. The highest BCUT2D eigenvalue weighted by molar-refractivity contribution is 5.87. The Bertz CT molecular complexity index is 399. The first-order valence-corrected chi connectivity index (χ1v) is 7.69. The van der Waals surface area contributed by atoms with Gasteiger partial charge in [-0.2, -0.15) is 0 Å². The van der Waals surface area contributed by atoms with E-state index in [2.05, 4.69) is 52.2 Å². The lowest BCUT2D eigenvalue weighted by atomic mass is 9.77. The lowest BCUT2D eigenvalue weighted by molar-refractivity contribution is -0.157. The third kappa shape index (κ3) is 3.01. The van der Waals surface area contributed by atoms with Gasteiger partial charge in [0.05, 0.1) is 0 Å². The zero-order valence-corrected chi connectivity index (χ0v) is 14.0. The molecule has 2 aliphatic heterocycles. The standard InChI is InChI=1S/C16H30N2O2/c1-11(2)8-15(7)12(19)17-16(20-15)9-13(3,4)18-14(5,6)10-16/h11,18H,8-10H2,1-7H3,(H,17,19). The molecule has 2 saturated heterocycles. The molecule has 2 aliphatic rings. The highest BCUT2D eigenvalue weighted by Gasteiger charge is 2.58. The smallest absolute Gasteiger partial charge is 0.254 e. The van der Waals surface area contributed by atoms with Crippen LogP contribution in [0.3, 0.4) is 0 Å². The van der Waals surface area contributed by atoms with Gasteiger partial charge in [0.2, 0.25) is 0 Å². The zero-order chi connectivity index (χ0) is 15.4. The molecule has 116 valence electrons. The maximum atomic E-state index is 12.5. The Morgan fingerprint density at radius 3 is 2.05 bits per heavy atom. The fourth-order valence-electron chi connectivity index (χ4n) is 4.41. The van der Waals surface area contributed by atoms with Crippen molar-refractivity contribution >= 4 is 5.91 Å². The largest absolute Gasteiger partial charge is 0.340 e.